The molecule has 0 N–H and O–H groups in total. The molecule has 1 aromatic carbocycles. The van der Waals surface area contributed by atoms with Crippen LogP contribution in [0, 0.1) is 0 Å². The van der Waals surface area contributed by atoms with Crippen molar-refractivity contribution in [1.29, 1.82) is 0 Å². The normalized spacial score (nSPS) is 18.3. The lowest BCUT2D eigenvalue weighted by atomic mass is 10.1. The molecule has 0 saturated carbocycles. The van der Waals surface area contributed by atoms with Crippen molar-refractivity contribution in [2.75, 3.05) is 19.7 Å². The van der Waals surface area contributed by atoms with Crippen LogP contribution in [-0.4, -0.2) is 36.3 Å². The fraction of sp³-hybridized carbons (Fsp3) is 0.529. The Hall–Kier alpha value is -1.84. The summed E-state index contributed by atoms with van der Waals surface area (Å²) >= 11 is 0. The molecule has 0 unspecified atom stereocenters. The summed E-state index contributed by atoms with van der Waals surface area (Å²) in [5.41, 5.74) is 1.85. The van der Waals surface area contributed by atoms with E-state index in [9.17, 15) is 9.59 Å². The minimum Gasteiger partial charge on any atom is -0.484 e. The van der Waals surface area contributed by atoms with Crippen molar-refractivity contribution in [2.45, 2.75) is 38.5 Å². The van der Waals surface area contributed by atoms with Gasteiger partial charge in [0, 0.05) is 25.1 Å². The van der Waals surface area contributed by atoms with Gasteiger partial charge in [-0.15, -0.1) is 0 Å². The van der Waals surface area contributed by atoms with Crippen molar-refractivity contribution >= 4 is 11.7 Å². The summed E-state index contributed by atoms with van der Waals surface area (Å²) in [6.45, 7) is 1.79. The van der Waals surface area contributed by atoms with Gasteiger partial charge in [-0.25, -0.2) is 0 Å². The molecule has 1 amide bonds. The Kier molecular flexibility index (Phi) is 4.23. The SMILES string of the molecule is O=C1CCc2cc(OCC(=O)N3CCCCCC3)ccc21. The quantitative estimate of drug-likeness (QED) is 0.858. The van der Waals surface area contributed by atoms with Crippen molar-refractivity contribution in [3.8, 4) is 5.75 Å². The number of fused-ring (bicyclic) bond motifs is 1. The fourth-order valence-electron chi connectivity index (χ4n) is 3.08. The first-order valence-electron chi connectivity index (χ1n) is 7.81. The van der Waals surface area contributed by atoms with Crippen LogP contribution in [0.2, 0.25) is 0 Å². The summed E-state index contributed by atoms with van der Waals surface area (Å²) in [6, 6.07) is 5.50. The van der Waals surface area contributed by atoms with Crippen molar-refractivity contribution in [3.63, 3.8) is 0 Å². The van der Waals surface area contributed by atoms with Gasteiger partial charge in [-0.2, -0.15) is 0 Å². The van der Waals surface area contributed by atoms with E-state index in [-0.39, 0.29) is 18.3 Å². The van der Waals surface area contributed by atoms with E-state index in [0.29, 0.717) is 12.2 Å². The first-order chi connectivity index (χ1) is 10.2. The van der Waals surface area contributed by atoms with E-state index in [1.54, 1.807) is 6.07 Å². The third-order valence-electron chi connectivity index (χ3n) is 4.32. The number of amides is 1. The van der Waals surface area contributed by atoms with Crippen molar-refractivity contribution in [1.82, 2.24) is 4.90 Å². The van der Waals surface area contributed by atoms with Gasteiger partial charge in [-0.05, 0) is 43.0 Å². The summed E-state index contributed by atoms with van der Waals surface area (Å²) in [5, 5.41) is 0. The predicted molar refractivity (Wildman–Crippen MR) is 79.6 cm³/mol. The van der Waals surface area contributed by atoms with E-state index in [1.165, 1.54) is 12.8 Å². The Morgan fingerprint density at radius 1 is 1.10 bits per heavy atom. The summed E-state index contributed by atoms with van der Waals surface area (Å²) in [5.74, 6) is 0.956. The predicted octanol–water partition coefficient (Wildman–Crippen LogP) is 2.60. The molecule has 1 heterocycles. The van der Waals surface area contributed by atoms with Crippen LogP contribution in [0.3, 0.4) is 0 Å². The molecule has 0 bridgehead atoms. The molecule has 4 heteroatoms. The first-order valence-corrected chi connectivity index (χ1v) is 7.81. The molecule has 2 aliphatic rings. The smallest absolute Gasteiger partial charge is 0.260 e. The van der Waals surface area contributed by atoms with E-state index in [1.807, 2.05) is 17.0 Å². The molecule has 3 rings (SSSR count). The number of Topliss-reactive ketones (excluding diaryl/α,β-unsaturated/α-hetero) is 1. The number of ether oxygens (including phenoxy) is 1. The summed E-state index contributed by atoms with van der Waals surface area (Å²) in [6.07, 6.45) is 5.98. The number of nitrogens with zero attached hydrogens (tertiary/aromatic N) is 1. The number of benzene rings is 1. The van der Waals surface area contributed by atoms with Gasteiger partial charge >= 0.3 is 0 Å². The number of rotatable bonds is 3. The zero-order valence-electron chi connectivity index (χ0n) is 12.3. The Morgan fingerprint density at radius 2 is 1.86 bits per heavy atom. The van der Waals surface area contributed by atoms with Crippen LogP contribution in [0.25, 0.3) is 0 Å². The standard InChI is InChI=1S/C17H21NO3/c19-16-8-5-13-11-14(6-7-15(13)16)21-12-17(20)18-9-3-1-2-4-10-18/h6-7,11H,1-5,8-10,12H2. The number of ketones is 1. The van der Waals surface area contributed by atoms with Gasteiger partial charge in [0.15, 0.2) is 12.4 Å². The molecule has 112 valence electrons. The first kappa shape index (κ1) is 14.1. The highest BCUT2D eigenvalue weighted by atomic mass is 16.5. The molecule has 1 aliphatic carbocycles. The van der Waals surface area contributed by atoms with Gasteiger partial charge in [0.25, 0.3) is 5.91 Å². The van der Waals surface area contributed by atoms with Crippen molar-refractivity contribution in [2.24, 2.45) is 0 Å². The Bertz CT molecular complexity index is 545. The largest absolute Gasteiger partial charge is 0.484 e. The highest BCUT2D eigenvalue weighted by molar-refractivity contribution is 6.00. The van der Waals surface area contributed by atoms with Crippen LogP contribution in [0.5, 0.6) is 5.75 Å². The van der Waals surface area contributed by atoms with Crippen LogP contribution in [0.15, 0.2) is 18.2 Å². The molecular formula is C17H21NO3. The van der Waals surface area contributed by atoms with Gasteiger partial charge in [0.2, 0.25) is 0 Å². The number of aryl methyl sites for hydroxylation is 1. The molecule has 1 saturated heterocycles. The third kappa shape index (κ3) is 3.26. The summed E-state index contributed by atoms with van der Waals surface area (Å²) in [4.78, 5) is 25.6. The minimum absolute atomic E-state index is 0.0634. The van der Waals surface area contributed by atoms with E-state index in [4.69, 9.17) is 4.74 Å². The van der Waals surface area contributed by atoms with Crippen LogP contribution >= 0.6 is 0 Å². The van der Waals surface area contributed by atoms with E-state index in [2.05, 4.69) is 0 Å². The molecule has 1 fully saturated rings. The molecule has 0 radical (unpaired) electrons. The lowest BCUT2D eigenvalue weighted by Crippen LogP contribution is -2.35. The maximum atomic E-state index is 12.2. The number of carbonyl (C=O) groups is 2. The van der Waals surface area contributed by atoms with Crippen molar-refractivity contribution in [3.05, 3.63) is 29.3 Å². The number of hydrogen-bond donors (Lipinski definition) is 0. The number of carbonyl (C=O) groups excluding carboxylic acids is 2. The molecule has 0 spiro atoms. The monoisotopic (exact) mass is 287 g/mol. The molecule has 0 aromatic heterocycles. The average Bonchev–Trinajstić information content (AvgIpc) is 2.71. The zero-order chi connectivity index (χ0) is 14.7. The van der Waals surface area contributed by atoms with E-state index in [0.717, 1.165) is 43.5 Å². The topological polar surface area (TPSA) is 46.6 Å². The van der Waals surface area contributed by atoms with Gasteiger partial charge in [-0.1, -0.05) is 12.8 Å². The van der Waals surface area contributed by atoms with Gasteiger partial charge in [-0.3, -0.25) is 9.59 Å². The minimum atomic E-state index is 0.0634. The van der Waals surface area contributed by atoms with E-state index < -0.39 is 0 Å². The molecular weight excluding hydrogens is 266 g/mol. The fourth-order valence-corrected chi connectivity index (χ4v) is 3.08. The average molecular weight is 287 g/mol. The summed E-state index contributed by atoms with van der Waals surface area (Å²) < 4.78 is 5.62. The molecule has 4 nitrogen and oxygen atoms in total. The second kappa shape index (κ2) is 6.29. The molecule has 21 heavy (non-hydrogen) atoms. The zero-order valence-corrected chi connectivity index (χ0v) is 12.3. The summed E-state index contributed by atoms with van der Waals surface area (Å²) in [7, 11) is 0. The van der Waals surface area contributed by atoms with E-state index >= 15 is 0 Å². The highest BCUT2D eigenvalue weighted by Gasteiger charge is 2.20. The van der Waals surface area contributed by atoms with Crippen LogP contribution < -0.4 is 4.74 Å². The Morgan fingerprint density at radius 3 is 2.62 bits per heavy atom. The molecule has 0 atom stereocenters. The second-order valence-electron chi connectivity index (χ2n) is 5.83. The van der Waals surface area contributed by atoms with Gasteiger partial charge in [0.05, 0.1) is 0 Å². The lowest BCUT2D eigenvalue weighted by molar-refractivity contribution is -0.133. The third-order valence-corrected chi connectivity index (χ3v) is 4.32. The number of hydrogen-bond acceptors (Lipinski definition) is 3. The highest BCUT2D eigenvalue weighted by Crippen LogP contribution is 2.26. The Balaban J connectivity index is 1.57. The lowest BCUT2D eigenvalue weighted by Gasteiger charge is -2.20. The van der Waals surface area contributed by atoms with Gasteiger partial charge < -0.3 is 9.64 Å². The Labute approximate surface area is 125 Å². The van der Waals surface area contributed by atoms with Crippen LogP contribution in [0.4, 0.5) is 0 Å². The maximum Gasteiger partial charge on any atom is 0.260 e. The molecule has 1 aromatic rings. The molecule has 1 aliphatic heterocycles. The number of likely N-dealkylation sites (tertiary alicyclic amines) is 1. The van der Waals surface area contributed by atoms with Gasteiger partial charge in [0.1, 0.15) is 5.75 Å². The van der Waals surface area contributed by atoms with Crippen LogP contribution in [0.1, 0.15) is 48.0 Å². The second-order valence-corrected chi connectivity index (χ2v) is 5.83. The van der Waals surface area contributed by atoms with Crippen LogP contribution in [-0.2, 0) is 11.2 Å². The maximum absolute atomic E-state index is 12.2. The van der Waals surface area contributed by atoms with Crippen molar-refractivity contribution < 1.29 is 14.3 Å².